The zero-order chi connectivity index (χ0) is 14.1. The van der Waals surface area contributed by atoms with Crippen molar-refractivity contribution in [1.82, 2.24) is 20.2 Å². The van der Waals surface area contributed by atoms with E-state index in [2.05, 4.69) is 47.4 Å². The van der Waals surface area contributed by atoms with E-state index in [1.54, 1.807) is 4.68 Å². The highest BCUT2D eigenvalue weighted by molar-refractivity contribution is 9.11. The summed E-state index contributed by atoms with van der Waals surface area (Å²) in [5, 5.41) is 11.9. The average molecular weight is 395 g/mol. The number of halogens is 2. The first-order valence-corrected chi connectivity index (χ1v) is 7.34. The molecular weight excluding hydrogens is 386 g/mol. The quantitative estimate of drug-likeness (QED) is 0.676. The van der Waals surface area contributed by atoms with E-state index < -0.39 is 0 Å². The molecule has 0 aliphatic carbocycles. The summed E-state index contributed by atoms with van der Waals surface area (Å²) in [6, 6.07) is 13.2. The van der Waals surface area contributed by atoms with Gasteiger partial charge >= 0.3 is 0 Å². The Hall–Kier alpha value is -1.73. The van der Waals surface area contributed by atoms with Crippen LogP contribution in [0.25, 0.3) is 17.1 Å². The van der Waals surface area contributed by atoms with Gasteiger partial charge in [-0.05, 0) is 78.7 Å². The minimum absolute atomic E-state index is 0.651. The summed E-state index contributed by atoms with van der Waals surface area (Å²) in [5.41, 5.74) is 8.15. The van der Waals surface area contributed by atoms with Crippen LogP contribution in [-0.2, 0) is 0 Å². The smallest absolute Gasteiger partial charge is 0.187 e. The summed E-state index contributed by atoms with van der Waals surface area (Å²) in [5.74, 6) is 0.651. The number of hydrogen-bond acceptors (Lipinski definition) is 4. The van der Waals surface area contributed by atoms with E-state index in [1.165, 1.54) is 0 Å². The third-order valence-corrected chi connectivity index (χ3v) is 4.07. The van der Waals surface area contributed by atoms with Crippen LogP contribution in [0.4, 0.5) is 5.69 Å². The fraction of sp³-hybridized carbons (Fsp3) is 0. The molecule has 0 atom stereocenters. The lowest BCUT2D eigenvalue weighted by atomic mass is 10.2. The Morgan fingerprint density at radius 3 is 2.25 bits per heavy atom. The molecule has 1 aromatic heterocycles. The largest absolute Gasteiger partial charge is 0.399 e. The maximum atomic E-state index is 5.70. The Labute approximate surface area is 132 Å². The molecule has 20 heavy (non-hydrogen) atoms. The minimum atomic E-state index is 0.651. The Morgan fingerprint density at radius 1 is 0.950 bits per heavy atom. The van der Waals surface area contributed by atoms with Gasteiger partial charge in [0.1, 0.15) is 0 Å². The zero-order valence-corrected chi connectivity index (χ0v) is 13.3. The van der Waals surface area contributed by atoms with Crippen molar-refractivity contribution in [2.24, 2.45) is 0 Å². The molecule has 2 N–H and O–H groups in total. The maximum Gasteiger partial charge on any atom is 0.187 e. The molecule has 7 heteroatoms. The maximum absolute atomic E-state index is 5.70. The number of nitrogen functional groups attached to an aromatic ring is 1. The number of aromatic nitrogens is 4. The summed E-state index contributed by atoms with van der Waals surface area (Å²) in [7, 11) is 0. The van der Waals surface area contributed by atoms with Crippen molar-refractivity contribution >= 4 is 37.5 Å². The van der Waals surface area contributed by atoms with E-state index in [-0.39, 0.29) is 0 Å². The van der Waals surface area contributed by atoms with Crippen molar-refractivity contribution in [3.63, 3.8) is 0 Å². The number of rotatable bonds is 2. The standard InChI is InChI=1S/C13H9Br2N5/c14-10-2-1-3-11(15)12(10)20-13(17-18-19-20)8-4-6-9(16)7-5-8/h1-7H,16H2. The second-order valence-corrected chi connectivity index (χ2v) is 5.82. The topological polar surface area (TPSA) is 69.6 Å². The lowest BCUT2D eigenvalue weighted by molar-refractivity contribution is 0.786. The molecule has 0 aliphatic rings. The minimum Gasteiger partial charge on any atom is -0.399 e. The van der Waals surface area contributed by atoms with E-state index in [1.807, 2.05) is 42.5 Å². The van der Waals surface area contributed by atoms with Crippen LogP contribution in [0.2, 0.25) is 0 Å². The van der Waals surface area contributed by atoms with E-state index in [0.717, 1.165) is 20.2 Å². The molecule has 0 bridgehead atoms. The Morgan fingerprint density at radius 2 is 1.60 bits per heavy atom. The molecular formula is C13H9Br2N5. The zero-order valence-electron chi connectivity index (χ0n) is 10.2. The number of hydrogen-bond donors (Lipinski definition) is 1. The number of benzene rings is 2. The number of tetrazole rings is 1. The molecule has 0 fully saturated rings. The van der Waals surface area contributed by atoms with E-state index in [4.69, 9.17) is 5.73 Å². The summed E-state index contributed by atoms with van der Waals surface area (Å²) in [6.45, 7) is 0. The summed E-state index contributed by atoms with van der Waals surface area (Å²) in [4.78, 5) is 0. The molecule has 0 radical (unpaired) electrons. The van der Waals surface area contributed by atoms with Gasteiger partial charge in [0.25, 0.3) is 0 Å². The average Bonchev–Trinajstić information content (AvgIpc) is 2.88. The van der Waals surface area contributed by atoms with Crippen LogP contribution in [0.15, 0.2) is 51.4 Å². The van der Waals surface area contributed by atoms with Crippen molar-refractivity contribution in [2.75, 3.05) is 5.73 Å². The second kappa shape index (κ2) is 5.34. The van der Waals surface area contributed by atoms with Crippen molar-refractivity contribution in [2.45, 2.75) is 0 Å². The highest BCUT2D eigenvalue weighted by atomic mass is 79.9. The number of nitrogens with two attached hydrogens (primary N) is 1. The third kappa shape index (κ3) is 2.34. The van der Waals surface area contributed by atoms with Gasteiger partial charge in [-0.1, -0.05) is 6.07 Å². The van der Waals surface area contributed by atoms with E-state index in [9.17, 15) is 0 Å². The van der Waals surface area contributed by atoms with Crippen LogP contribution >= 0.6 is 31.9 Å². The predicted molar refractivity (Wildman–Crippen MR) is 84.4 cm³/mol. The van der Waals surface area contributed by atoms with Gasteiger partial charge in [0.05, 0.1) is 5.69 Å². The Bertz CT molecular complexity index is 731. The van der Waals surface area contributed by atoms with Crippen LogP contribution in [0, 0.1) is 0 Å². The molecule has 0 aliphatic heterocycles. The molecule has 1 heterocycles. The van der Waals surface area contributed by atoms with Crippen molar-refractivity contribution in [3.8, 4) is 17.1 Å². The van der Waals surface area contributed by atoms with Crippen LogP contribution in [-0.4, -0.2) is 20.2 Å². The number of nitrogens with zero attached hydrogens (tertiary/aromatic N) is 4. The highest BCUT2D eigenvalue weighted by Gasteiger charge is 2.15. The van der Waals surface area contributed by atoms with Crippen LogP contribution in [0.5, 0.6) is 0 Å². The monoisotopic (exact) mass is 393 g/mol. The van der Waals surface area contributed by atoms with E-state index >= 15 is 0 Å². The molecule has 0 unspecified atom stereocenters. The van der Waals surface area contributed by atoms with Gasteiger partial charge in [0, 0.05) is 20.2 Å². The summed E-state index contributed by atoms with van der Waals surface area (Å²) < 4.78 is 3.48. The van der Waals surface area contributed by atoms with E-state index in [0.29, 0.717) is 11.5 Å². The Balaban J connectivity index is 2.18. The van der Waals surface area contributed by atoms with Crippen molar-refractivity contribution < 1.29 is 0 Å². The summed E-state index contributed by atoms with van der Waals surface area (Å²) >= 11 is 7.04. The molecule has 5 nitrogen and oxygen atoms in total. The molecule has 3 rings (SSSR count). The van der Waals surface area contributed by atoms with Gasteiger partial charge < -0.3 is 5.73 Å². The number of para-hydroxylation sites is 1. The fourth-order valence-electron chi connectivity index (χ4n) is 1.84. The molecule has 3 aromatic rings. The SMILES string of the molecule is Nc1ccc(-c2nnnn2-c2c(Br)cccc2Br)cc1. The van der Waals surface area contributed by atoms with Gasteiger partial charge in [-0.25, -0.2) is 0 Å². The lowest BCUT2D eigenvalue weighted by Gasteiger charge is -2.09. The summed E-state index contributed by atoms with van der Waals surface area (Å²) in [6.07, 6.45) is 0. The van der Waals surface area contributed by atoms with Gasteiger partial charge in [-0.3, -0.25) is 0 Å². The molecule has 2 aromatic carbocycles. The van der Waals surface area contributed by atoms with Crippen molar-refractivity contribution in [3.05, 3.63) is 51.4 Å². The van der Waals surface area contributed by atoms with Crippen LogP contribution < -0.4 is 5.73 Å². The second-order valence-electron chi connectivity index (χ2n) is 4.11. The third-order valence-electron chi connectivity index (χ3n) is 2.79. The first-order chi connectivity index (χ1) is 9.66. The van der Waals surface area contributed by atoms with Gasteiger partial charge in [-0.2, -0.15) is 4.68 Å². The van der Waals surface area contributed by atoms with Gasteiger partial charge in [0.2, 0.25) is 0 Å². The normalized spacial score (nSPS) is 10.7. The molecule has 0 amide bonds. The Kier molecular flexibility index (Phi) is 3.54. The molecule has 0 spiro atoms. The molecule has 100 valence electrons. The first kappa shape index (κ1) is 13.3. The highest BCUT2D eigenvalue weighted by Crippen LogP contribution is 2.31. The first-order valence-electron chi connectivity index (χ1n) is 5.75. The molecule has 0 saturated carbocycles. The fourth-order valence-corrected chi connectivity index (χ4v) is 3.18. The van der Waals surface area contributed by atoms with Gasteiger partial charge in [-0.15, -0.1) is 5.10 Å². The van der Waals surface area contributed by atoms with Crippen LogP contribution in [0.3, 0.4) is 0 Å². The molecule has 0 saturated heterocycles. The van der Waals surface area contributed by atoms with Gasteiger partial charge in [0.15, 0.2) is 5.82 Å². The number of anilines is 1. The predicted octanol–water partition coefficient (Wildman–Crippen LogP) is 3.44. The lowest BCUT2D eigenvalue weighted by Crippen LogP contribution is -2.02. The van der Waals surface area contributed by atoms with Crippen LogP contribution in [0.1, 0.15) is 0 Å². The van der Waals surface area contributed by atoms with Crippen molar-refractivity contribution in [1.29, 1.82) is 0 Å².